The maximum Gasteiger partial charge on any atom is 0.251 e. The van der Waals surface area contributed by atoms with Gasteiger partial charge in [-0.05, 0) is 42.0 Å². The molecule has 0 saturated carbocycles. The normalized spacial score (nSPS) is 24.0. The zero-order valence-corrected chi connectivity index (χ0v) is 16.2. The summed E-state index contributed by atoms with van der Waals surface area (Å²) in [4.78, 5) is 11.7. The van der Waals surface area contributed by atoms with Crippen molar-refractivity contribution in [1.29, 1.82) is 0 Å². The van der Waals surface area contributed by atoms with E-state index in [1.165, 1.54) is 7.11 Å². The lowest BCUT2D eigenvalue weighted by atomic mass is 9.93. The van der Waals surface area contributed by atoms with Crippen LogP contribution in [0.25, 0.3) is 0 Å². The standard InChI is InChI=1S/C21H25NO7/c1-22-21(26)12-3-6-14(7-4-12)28-18-9-13(5-8-17(18)27-2)20-19(25)16(24)10-15(11-23)29-20/h3-9,15-16,19-20,23-25H,10-11H2,1-2H3,(H,22,26). The average molecular weight is 403 g/mol. The molecule has 156 valence electrons. The molecule has 0 aliphatic carbocycles. The largest absolute Gasteiger partial charge is 0.493 e. The third-order valence-corrected chi connectivity index (χ3v) is 4.84. The van der Waals surface area contributed by atoms with Crippen molar-refractivity contribution >= 4 is 5.91 Å². The van der Waals surface area contributed by atoms with Crippen molar-refractivity contribution in [3.63, 3.8) is 0 Å². The smallest absolute Gasteiger partial charge is 0.251 e. The lowest BCUT2D eigenvalue weighted by molar-refractivity contribution is -0.179. The Morgan fingerprint density at radius 3 is 2.52 bits per heavy atom. The van der Waals surface area contributed by atoms with Crippen LogP contribution >= 0.6 is 0 Å². The second-order valence-electron chi connectivity index (χ2n) is 6.77. The van der Waals surface area contributed by atoms with Crippen molar-refractivity contribution in [3.05, 3.63) is 53.6 Å². The Bertz CT molecular complexity index is 839. The molecular weight excluding hydrogens is 378 g/mol. The molecule has 4 unspecified atom stereocenters. The highest BCUT2D eigenvalue weighted by molar-refractivity contribution is 5.94. The average Bonchev–Trinajstić information content (AvgIpc) is 2.75. The summed E-state index contributed by atoms with van der Waals surface area (Å²) in [6.45, 7) is -0.253. The summed E-state index contributed by atoms with van der Waals surface area (Å²) in [7, 11) is 3.07. The Labute approximate surface area is 168 Å². The highest BCUT2D eigenvalue weighted by Crippen LogP contribution is 2.38. The Kier molecular flexibility index (Phi) is 6.71. The zero-order chi connectivity index (χ0) is 21.0. The Balaban J connectivity index is 1.86. The predicted octanol–water partition coefficient (Wildman–Crippen LogP) is 1.39. The molecule has 4 N–H and O–H groups in total. The fourth-order valence-electron chi connectivity index (χ4n) is 3.24. The number of carbonyl (C=O) groups is 1. The van der Waals surface area contributed by atoms with E-state index in [0.717, 1.165) is 0 Å². The van der Waals surface area contributed by atoms with E-state index in [4.69, 9.17) is 14.2 Å². The molecule has 29 heavy (non-hydrogen) atoms. The first-order valence-corrected chi connectivity index (χ1v) is 9.27. The highest BCUT2D eigenvalue weighted by atomic mass is 16.5. The van der Waals surface area contributed by atoms with Gasteiger partial charge in [0.1, 0.15) is 18.0 Å². The topological polar surface area (TPSA) is 117 Å². The van der Waals surface area contributed by atoms with Crippen molar-refractivity contribution in [3.8, 4) is 17.2 Å². The molecule has 0 radical (unpaired) electrons. The molecule has 1 aliphatic heterocycles. The number of rotatable bonds is 6. The van der Waals surface area contributed by atoms with Gasteiger partial charge in [-0.1, -0.05) is 6.07 Å². The molecule has 1 saturated heterocycles. The number of carbonyl (C=O) groups excluding carboxylic acids is 1. The Morgan fingerprint density at radius 1 is 1.17 bits per heavy atom. The van der Waals surface area contributed by atoms with Gasteiger partial charge in [-0.2, -0.15) is 0 Å². The van der Waals surface area contributed by atoms with Crippen LogP contribution in [0.2, 0.25) is 0 Å². The number of hydrogen-bond acceptors (Lipinski definition) is 7. The van der Waals surface area contributed by atoms with E-state index in [2.05, 4.69) is 5.32 Å². The molecule has 4 atom stereocenters. The number of benzene rings is 2. The third-order valence-electron chi connectivity index (χ3n) is 4.84. The summed E-state index contributed by atoms with van der Waals surface area (Å²) in [5, 5.41) is 32.4. The summed E-state index contributed by atoms with van der Waals surface area (Å²) < 4.78 is 17.0. The molecule has 1 fully saturated rings. The fraction of sp³-hybridized carbons (Fsp3) is 0.381. The van der Waals surface area contributed by atoms with E-state index in [0.29, 0.717) is 28.4 Å². The summed E-state index contributed by atoms with van der Waals surface area (Å²) in [5.74, 6) is 1.14. The number of methoxy groups -OCH3 is 1. The predicted molar refractivity (Wildman–Crippen MR) is 104 cm³/mol. The Morgan fingerprint density at radius 2 is 1.90 bits per heavy atom. The van der Waals surface area contributed by atoms with Crippen LogP contribution in [0.1, 0.15) is 28.4 Å². The van der Waals surface area contributed by atoms with Crippen LogP contribution in [-0.2, 0) is 4.74 Å². The second-order valence-corrected chi connectivity index (χ2v) is 6.77. The minimum atomic E-state index is -1.13. The molecule has 1 aliphatic rings. The SMILES string of the molecule is CNC(=O)c1ccc(Oc2cc(C3OC(CO)CC(O)C3O)ccc2OC)cc1. The summed E-state index contributed by atoms with van der Waals surface area (Å²) >= 11 is 0. The van der Waals surface area contributed by atoms with Gasteiger partial charge in [0.25, 0.3) is 5.91 Å². The van der Waals surface area contributed by atoms with Crippen molar-refractivity contribution in [2.24, 2.45) is 0 Å². The molecule has 1 heterocycles. The van der Waals surface area contributed by atoms with Crippen molar-refractivity contribution in [2.75, 3.05) is 20.8 Å². The number of ether oxygens (including phenoxy) is 3. The van der Waals surface area contributed by atoms with Crippen LogP contribution < -0.4 is 14.8 Å². The minimum Gasteiger partial charge on any atom is -0.493 e. The molecule has 2 aromatic rings. The van der Waals surface area contributed by atoms with Crippen LogP contribution in [0.4, 0.5) is 0 Å². The molecule has 0 aromatic heterocycles. The summed E-state index contributed by atoms with van der Waals surface area (Å²) in [5.41, 5.74) is 1.08. The van der Waals surface area contributed by atoms with Gasteiger partial charge in [0.15, 0.2) is 11.5 Å². The van der Waals surface area contributed by atoms with Crippen molar-refractivity contribution in [1.82, 2.24) is 5.32 Å². The number of aliphatic hydroxyl groups is 3. The first-order valence-electron chi connectivity index (χ1n) is 9.27. The summed E-state index contributed by atoms with van der Waals surface area (Å²) in [6.07, 6.45) is -3.37. The van der Waals surface area contributed by atoms with Gasteiger partial charge in [0, 0.05) is 19.0 Å². The molecule has 3 rings (SSSR count). The summed E-state index contributed by atoms with van der Waals surface area (Å²) in [6, 6.07) is 11.6. The zero-order valence-electron chi connectivity index (χ0n) is 16.2. The highest BCUT2D eigenvalue weighted by Gasteiger charge is 2.37. The molecule has 0 spiro atoms. The lowest BCUT2D eigenvalue weighted by Gasteiger charge is -2.37. The van der Waals surface area contributed by atoms with Gasteiger partial charge in [0.2, 0.25) is 0 Å². The number of nitrogens with one attached hydrogen (secondary N) is 1. The third kappa shape index (κ3) is 4.68. The molecule has 1 amide bonds. The maximum absolute atomic E-state index is 11.7. The van der Waals surface area contributed by atoms with Crippen LogP contribution in [0.5, 0.6) is 17.2 Å². The molecule has 8 nitrogen and oxygen atoms in total. The molecule has 8 heteroatoms. The quantitative estimate of drug-likeness (QED) is 0.576. The lowest BCUT2D eigenvalue weighted by Crippen LogP contribution is -2.44. The second kappa shape index (κ2) is 9.23. The Hall–Kier alpha value is -2.65. The number of amides is 1. The van der Waals surface area contributed by atoms with Gasteiger partial charge in [-0.3, -0.25) is 4.79 Å². The van der Waals surface area contributed by atoms with Gasteiger partial charge >= 0.3 is 0 Å². The first-order chi connectivity index (χ1) is 14.0. The van der Waals surface area contributed by atoms with Crippen molar-refractivity contribution in [2.45, 2.75) is 30.8 Å². The van der Waals surface area contributed by atoms with E-state index >= 15 is 0 Å². The van der Waals surface area contributed by atoms with Gasteiger partial charge in [-0.25, -0.2) is 0 Å². The van der Waals surface area contributed by atoms with E-state index < -0.39 is 24.4 Å². The van der Waals surface area contributed by atoms with Gasteiger partial charge < -0.3 is 34.8 Å². The van der Waals surface area contributed by atoms with E-state index in [1.54, 1.807) is 49.5 Å². The van der Waals surface area contributed by atoms with Gasteiger partial charge in [-0.15, -0.1) is 0 Å². The van der Waals surface area contributed by atoms with E-state index in [-0.39, 0.29) is 18.9 Å². The number of hydrogen-bond donors (Lipinski definition) is 4. The van der Waals surface area contributed by atoms with Crippen LogP contribution in [0.15, 0.2) is 42.5 Å². The van der Waals surface area contributed by atoms with Gasteiger partial charge in [0.05, 0.1) is 25.9 Å². The van der Waals surface area contributed by atoms with Crippen LogP contribution in [0, 0.1) is 0 Å². The molecular formula is C21H25NO7. The van der Waals surface area contributed by atoms with Crippen LogP contribution in [0.3, 0.4) is 0 Å². The minimum absolute atomic E-state index is 0.158. The van der Waals surface area contributed by atoms with Crippen LogP contribution in [-0.4, -0.2) is 60.3 Å². The molecule has 0 bridgehead atoms. The van der Waals surface area contributed by atoms with E-state index in [9.17, 15) is 20.1 Å². The monoisotopic (exact) mass is 403 g/mol. The maximum atomic E-state index is 11.7. The first kappa shape index (κ1) is 21.1. The van der Waals surface area contributed by atoms with Crippen molar-refractivity contribution < 1.29 is 34.3 Å². The molecule has 2 aromatic carbocycles. The van der Waals surface area contributed by atoms with E-state index in [1.807, 2.05) is 0 Å². The number of aliphatic hydroxyl groups excluding tert-OH is 3. The fourth-order valence-corrected chi connectivity index (χ4v) is 3.24.